The molecule has 8 heteroatoms. The molecule has 3 aromatic heterocycles. The van der Waals surface area contributed by atoms with E-state index in [1.165, 1.54) is 5.56 Å². The number of benzene rings is 2. The first-order valence-corrected chi connectivity index (χ1v) is 11.5. The Bertz CT molecular complexity index is 1450. The lowest BCUT2D eigenvalue weighted by Crippen LogP contribution is -1.97. The maximum Gasteiger partial charge on any atom is 0.151 e. The van der Waals surface area contributed by atoms with Crippen LogP contribution in [-0.2, 0) is 6.61 Å². The Morgan fingerprint density at radius 2 is 1.78 bits per heavy atom. The summed E-state index contributed by atoms with van der Waals surface area (Å²) in [6, 6.07) is 15.3. The van der Waals surface area contributed by atoms with Gasteiger partial charge in [0.25, 0.3) is 0 Å². The molecule has 3 heterocycles. The summed E-state index contributed by atoms with van der Waals surface area (Å²) in [5, 5.41) is 5.54. The average molecular weight is 481 g/mol. The van der Waals surface area contributed by atoms with Crippen LogP contribution in [-0.4, -0.2) is 15.0 Å². The van der Waals surface area contributed by atoms with Crippen molar-refractivity contribution in [2.45, 2.75) is 20.5 Å². The third-order valence-corrected chi connectivity index (χ3v) is 6.88. The van der Waals surface area contributed by atoms with Crippen LogP contribution in [0.2, 0.25) is 10.0 Å². The number of anilines is 2. The molecule has 5 rings (SSSR count). The van der Waals surface area contributed by atoms with Crippen molar-refractivity contribution in [3.63, 3.8) is 0 Å². The van der Waals surface area contributed by atoms with E-state index >= 15 is 0 Å². The predicted molar refractivity (Wildman–Crippen MR) is 133 cm³/mol. The summed E-state index contributed by atoms with van der Waals surface area (Å²) in [5.74, 6) is 1.52. The zero-order chi connectivity index (χ0) is 22.2. The standard InChI is InChI=1S/C24H18Cl2N4OS/c1-13-9-14(2)29-24-20(13)21-22(32-24)23(28-12-27-21)30-16-4-6-17(7-5-16)31-11-15-3-8-18(25)19(26)10-15/h3-10,12H,11H2,1-2H3,(H,27,28,30). The Labute approximate surface area is 199 Å². The number of aromatic nitrogens is 3. The minimum atomic E-state index is 0.406. The molecule has 0 radical (unpaired) electrons. The molecule has 0 atom stereocenters. The first kappa shape index (κ1) is 20.9. The van der Waals surface area contributed by atoms with E-state index in [-0.39, 0.29) is 0 Å². The second kappa shape index (κ2) is 8.54. The lowest BCUT2D eigenvalue weighted by molar-refractivity contribution is 0.306. The summed E-state index contributed by atoms with van der Waals surface area (Å²) in [5.41, 5.74) is 4.96. The minimum Gasteiger partial charge on any atom is -0.489 e. The summed E-state index contributed by atoms with van der Waals surface area (Å²) in [6.45, 7) is 4.51. The molecule has 32 heavy (non-hydrogen) atoms. The second-order valence-corrected chi connectivity index (χ2v) is 9.26. The number of aryl methyl sites for hydroxylation is 2. The molecule has 0 bridgehead atoms. The van der Waals surface area contributed by atoms with E-state index in [0.717, 1.165) is 48.9 Å². The van der Waals surface area contributed by atoms with E-state index in [1.807, 2.05) is 43.3 Å². The predicted octanol–water partition coefficient (Wildman–Crippen LogP) is 7.49. The van der Waals surface area contributed by atoms with Crippen LogP contribution >= 0.6 is 34.5 Å². The molecule has 5 aromatic rings. The number of rotatable bonds is 5. The lowest BCUT2D eigenvalue weighted by Gasteiger charge is -2.09. The SMILES string of the molecule is Cc1cc(C)c2c(n1)sc1c(Nc3ccc(OCc4ccc(Cl)c(Cl)c4)cc3)ncnc12. The molecule has 5 nitrogen and oxygen atoms in total. The van der Waals surface area contributed by atoms with Crippen molar-refractivity contribution in [2.24, 2.45) is 0 Å². The molecule has 0 saturated heterocycles. The van der Waals surface area contributed by atoms with E-state index in [2.05, 4.69) is 33.3 Å². The number of halogens is 2. The number of hydrogen-bond donors (Lipinski definition) is 1. The molecule has 1 N–H and O–H groups in total. The molecule has 0 amide bonds. The number of pyridine rings is 1. The van der Waals surface area contributed by atoms with E-state index in [0.29, 0.717) is 16.7 Å². The Balaban J connectivity index is 1.36. The van der Waals surface area contributed by atoms with E-state index < -0.39 is 0 Å². The number of ether oxygens (including phenoxy) is 1. The van der Waals surface area contributed by atoms with Crippen LogP contribution in [0.25, 0.3) is 20.4 Å². The maximum atomic E-state index is 6.07. The summed E-state index contributed by atoms with van der Waals surface area (Å²) in [4.78, 5) is 14.7. The Morgan fingerprint density at radius 3 is 2.56 bits per heavy atom. The highest BCUT2D eigenvalue weighted by atomic mass is 35.5. The molecule has 0 spiro atoms. The number of nitrogens with one attached hydrogen (secondary N) is 1. The van der Waals surface area contributed by atoms with Crippen LogP contribution < -0.4 is 10.1 Å². The normalized spacial score (nSPS) is 11.2. The molecule has 0 aliphatic heterocycles. The zero-order valence-electron chi connectivity index (χ0n) is 17.3. The minimum absolute atomic E-state index is 0.406. The van der Waals surface area contributed by atoms with Gasteiger partial charge in [0, 0.05) is 16.8 Å². The highest BCUT2D eigenvalue weighted by molar-refractivity contribution is 7.26. The fraction of sp³-hybridized carbons (Fsp3) is 0.125. The Hall–Kier alpha value is -2.93. The zero-order valence-corrected chi connectivity index (χ0v) is 19.6. The van der Waals surface area contributed by atoms with Gasteiger partial charge in [-0.05, 0) is 67.4 Å². The molecule has 0 unspecified atom stereocenters. The first-order valence-electron chi connectivity index (χ1n) is 9.93. The molecule has 0 aliphatic carbocycles. The number of fused-ring (bicyclic) bond motifs is 3. The fourth-order valence-corrected chi connectivity index (χ4v) is 5.08. The van der Waals surface area contributed by atoms with Crippen LogP contribution in [0.1, 0.15) is 16.8 Å². The molecule has 160 valence electrons. The second-order valence-electron chi connectivity index (χ2n) is 7.45. The molecule has 0 fully saturated rings. The van der Waals surface area contributed by atoms with Gasteiger partial charge in [-0.2, -0.15) is 0 Å². The van der Waals surface area contributed by atoms with Gasteiger partial charge in [-0.3, -0.25) is 0 Å². The fourth-order valence-electron chi connectivity index (χ4n) is 3.57. The summed E-state index contributed by atoms with van der Waals surface area (Å²) in [7, 11) is 0. The van der Waals surface area contributed by atoms with Crippen LogP contribution in [0.4, 0.5) is 11.5 Å². The number of nitrogens with zero attached hydrogens (tertiary/aromatic N) is 3. The molecule has 0 aliphatic rings. The van der Waals surface area contributed by atoms with E-state index in [4.69, 9.17) is 27.9 Å². The molecular weight excluding hydrogens is 463 g/mol. The van der Waals surface area contributed by atoms with Crippen molar-refractivity contribution in [3.05, 3.63) is 81.7 Å². The summed E-state index contributed by atoms with van der Waals surface area (Å²) in [6.07, 6.45) is 1.59. The first-order chi connectivity index (χ1) is 15.5. The van der Waals surface area contributed by atoms with Crippen LogP contribution in [0.3, 0.4) is 0 Å². The smallest absolute Gasteiger partial charge is 0.151 e. The third-order valence-electron chi connectivity index (χ3n) is 5.06. The van der Waals surface area contributed by atoms with Crippen LogP contribution in [0, 0.1) is 13.8 Å². The molecule has 0 saturated carbocycles. The Kier molecular flexibility index (Phi) is 5.59. The molecular formula is C24H18Cl2N4OS. The van der Waals surface area contributed by atoms with Gasteiger partial charge >= 0.3 is 0 Å². The van der Waals surface area contributed by atoms with Crippen molar-refractivity contribution < 1.29 is 4.74 Å². The van der Waals surface area contributed by atoms with Gasteiger partial charge in [0.1, 0.15) is 23.5 Å². The van der Waals surface area contributed by atoms with E-state index in [1.54, 1.807) is 23.7 Å². The number of hydrogen-bond acceptors (Lipinski definition) is 6. The van der Waals surface area contributed by atoms with Gasteiger partial charge < -0.3 is 10.1 Å². The van der Waals surface area contributed by atoms with Gasteiger partial charge in [0.15, 0.2) is 5.82 Å². The van der Waals surface area contributed by atoms with Crippen molar-refractivity contribution in [1.82, 2.24) is 15.0 Å². The third kappa shape index (κ3) is 4.09. The number of thiophene rings is 1. The van der Waals surface area contributed by atoms with Crippen LogP contribution in [0.15, 0.2) is 54.9 Å². The Morgan fingerprint density at radius 1 is 0.969 bits per heavy atom. The topological polar surface area (TPSA) is 59.9 Å². The maximum absolute atomic E-state index is 6.07. The van der Waals surface area contributed by atoms with E-state index in [9.17, 15) is 0 Å². The van der Waals surface area contributed by atoms with Gasteiger partial charge in [0.2, 0.25) is 0 Å². The van der Waals surface area contributed by atoms with Crippen LogP contribution in [0.5, 0.6) is 5.75 Å². The van der Waals surface area contributed by atoms with Crippen molar-refractivity contribution in [2.75, 3.05) is 5.32 Å². The lowest BCUT2D eigenvalue weighted by atomic mass is 10.1. The van der Waals surface area contributed by atoms with Crippen molar-refractivity contribution in [3.8, 4) is 5.75 Å². The van der Waals surface area contributed by atoms with Crippen molar-refractivity contribution >= 4 is 66.5 Å². The highest BCUT2D eigenvalue weighted by Gasteiger charge is 2.14. The van der Waals surface area contributed by atoms with Gasteiger partial charge in [-0.15, -0.1) is 11.3 Å². The summed E-state index contributed by atoms with van der Waals surface area (Å²) >= 11 is 13.6. The quantitative estimate of drug-likeness (QED) is 0.282. The van der Waals surface area contributed by atoms with Gasteiger partial charge in [-0.1, -0.05) is 29.3 Å². The highest BCUT2D eigenvalue weighted by Crippen LogP contribution is 2.37. The average Bonchev–Trinajstić information content (AvgIpc) is 3.15. The monoisotopic (exact) mass is 480 g/mol. The largest absolute Gasteiger partial charge is 0.489 e. The van der Waals surface area contributed by atoms with Gasteiger partial charge in [0.05, 0.1) is 20.3 Å². The molecule has 2 aromatic carbocycles. The van der Waals surface area contributed by atoms with Crippen molar-refractivity contribution in [1.29, 1.82) is 0 Å². The summed E-state index contributed by atoms with van der Waals surface area (Å²) < 4.78 is 6.85. The van der Waals surface area contributed by atoms with Gasteiger partial charge in [-0.25, -0.2) is 15.0 Å².